The number of aromatic nitrogens is 3. The summed E-state index contributed by atoms with van der Waals surface area (Å²) in [6.07, 6.45) is 1.31. The number of nitrogens with zero attached hydrogens (tertiary/aromatic N) is 2. The molecular weight excluding hydrogens is 347 g/mol. The fourth-order valence-corrected chi connectivity index (χ4v) is 3.28. The normalized spacial score (nSPS) is 11.2. The van der Waals surface area contributed by atoms with Crippen LogP contribution in [0.5, 0.6) is 0 Å². The number of carbonyl (C=O) groups excluding carboxylic acids is 1. The van der Waals surface area contributed by atoms with Crippen LogP contribution in [-0.2, 0) is 11.3 Å². The number of aromatic amines is 1. The number of benzene rings is 2. The molecule has 0 fully saturated rings. The summed E-state index contributed by atoms with van der Waals surface area (Å²) < 4.78 is 14.7. The van der Waals surface area contributed by atoms with Crippen LogP contribution in [0.25, 0.3) is 21.9 Å². The minimum absolute atomic E-state index is 0.168. The largest absolute Gasteiger partial charge is 0.349 e. The molecule has 0 bridgehead atoms. The number of rotatable bonds is 3. The number of hydrogen-bond acceptors (Lipinski definition) is 3. The zero-order valence-corrected chi connectivity index (χ0v) is 14.8. The van der Waals surface area contributed by atoms with Crippen molar-refractivity contribution in [2.75, 3.05) is 5.32 Å². The summed E-state index contributed by atoms with van der Waals surface area (Å²) >= 11 is 0. The lowest BCUT2D eigenvalue weighted by Crippen LogP contribution is -2.28. The Morgan fingerprint density at radius 3 is 2.67 bits per heavy atom. The third kappa shape index (κ3) is 3.19. The van der Waals surface area contributed by atoms with E-state index >= 15 is 0 Å². The molecule has 2 aromatic carbocycles. The molecule has 1 amide bonds. The highest BCUT2D eigenvalue weighted by atomic mass is 19.1. The maximum absolute atomic E-state index is 13.5. The van der Waals surface area contributed by atoms with Gasteiger partial charge in [0.1, 0.15) is 23.4 Å². The van der Waals surface area contributed by atoms with Gasteiger partial charge in [0.05, 0.1) is 6.33 Å². The molecule has 136 valence electrons. The first kappa shape index (κ1) is 17.0. The van der Waals surface area contributed by atoms with Crippen LogP contribution in [-0.4, -0.2) is 20.4 Å². The standard InChI is InChI=1S/C20H17FN4O2/c1-11-5-12(2)7-14(6-11)23-17(26)9-25-10-22-18-15-8-13(21)3-4-16(15)24-19(18)20(25)27/h3-8,10,24H,9H2,1-2H3,(H,23,26). The van der Waals surface area contributed by atoms with E-state index in [9.17, 15) is 14.0 Å². The van der Waals surface area contributed by atoms with E-state index in [0.29, 0.717) is 22.1 Å². The number of hydrogen-bond donors (Lipinski definition) is 2. The van der Waals surface area contributed by atoms with Crippen molar-refractivity contribution in [1.29, 1.82) is 0 Å². The lowest BCUT2D eigenvalue weighted by Gasteiger charge is -2.09. The first-order valence-corrected chi connectivity index (χ1v) is 8.45. The van der Waals surface area contributed by atoms with Crippen LogP contribution in [0.1, 0.15) is 11.1 Å². The Balaban J connectivity index is 1.65. The summed E-state index contributed by atoms with van der Waals surface area (Å²) in [5, 5.41) is 3.33. The Morgan fingerprint density at radius 1 is 1.19 bits per heavy atom. The molecule has 0 unspecified atom stereocenters. The highest BCUT2D eigenvalue weighted by Gasteiger charge is 2.13. The van der Waals surface area contributed by atoms with E-state index in [1.807, 2.05) is 32.0 Å². The zero-order chi connectivity index (χ0) is 19.1. The van der Waals surface area contributed by atoms with Crippen molar-refractivity contribution in [2.45, 2.75) is 20.4 Å². The molecule has 0 spiro atoms. The smallest absolute Gasteiger partial charge is 0.278 e. The van der Waals surface area contributed by atoms with Crippen molar-refractivity contribution in [3.8, 4) is 0 Å². The molecule has 0 radical (unpaired) electrons. The number of anilines is 1. The van der Waals surface area contributed by atoms with Crippen LogP contribution in [0.4, 0.5) is 10.1 Å². The quantitative estimate of drug-likeness (QED) is 0.585. The summed E-state index contributed by atoms with van der Waals surface area (Å²) in [5.41, 5.74) is 3.63. The lowest BCUT2D eigenvalue weighted by molar-refractivity contribution is -0.116. The average Bonchev–Trinajstić information content (AvgIpc) is 2.95. The van der Waals surface area contributed by atoms with Gasteiger partial charge in [-0.2, -0.15) is 0 Å². The van der Waals surface area contributed by atoms with Gasteiger partial charge in [-0.05, 0) is 55.3 Å². The summed E-state index contributed by atoms with van der Waals surface area (Å²) in [5.74, 6) is -0.729. The summed E-state index contributed by atoms with van der Waals surface area (Å²) in [6, 6.07) is 9.94. The third-order valence-electron chi connectivity index (χ3n) is 4.35. The Morgan fingerprint density at radius 2 is 1.93 bits per heavy atom. The van der Waals surface area contributed by atoms with E-state index < -0.39 is 5.82 Å². The van der Waals surface area contributed by atoms with Gasteiger partial charge >= 0.3 is 0 Å². The van der Waals surface area contributed by atoms with Crippen LogP contribution in [0.15, 0.2) is 47.5 Å². The Labute approximate surface area is 153 Å². The second kappa shape index (κ2) is 6.35. The van der Waals surface area contributed by atoms with Gasteiger partial charge in [0.25, 0.3) is 5.56 Å². The van der Waals surface area contributed by atoms with E-state index in [1.54, 1.807) is 6.07 Å². The number of aryl methyl sites for hydroxylation is 2. The van der Waals surface area contributed by atoms with Gasteiger partial charge in [-0.1, -0.05) is 6.07 Å². The number of carbonyl (C=O) groups is 1. The van der Waals surface area contributed by atoms with Gasteiger partial charge in [0.2, 0.25) is 5.91 Å². The van der Waals surface area contributed by atoms with Crippen LogP contribution < -0.4 is 10.9 Å². The highest BCUT2D eigenvalue weighted by molar-refractivity contribution is 6.04. The lowest BCUT2D eigenvalue weighted by atomic mass is 10.1. The topological polar surface area (TPSA) is 79.8 Å². The maximum Gasteiger partial charge on any atom is 0.278 e. The van der Waals surface area contributed by atoms with Crippen LogP contribution in [0, 0.1) is 19.7 Å². The Bertz CT molecular complexity index is 1240. The second-order valence-electron chi connectivity index (χ2n) is 6.64. The first-order chi connectivity index (χ1) is 12.9. The van der Waals surface area contributed by atoms with Gasteiger partial charge in [-0.15, -0.1) is 0 Å². The van der Waals surface area contributed by atoms with Crippen LogP contribution >= 0.6 is 0 Å². The number of halogens is 1. The number of fused-ring (bicyclic) bond motifs is 3. The maximum atomic E-state index is 13.5. The fraction of sp³-hybridized carbons (Fsp3) is 0.150. The zero-order valence-electron chi connectivity index (χ0n) is 14.8. The predicted octanol–water partition coefficient (Wildman–Crippen LogP) is 3.27. The molecule has 6 nitrogen and oxygen atoms in total. The average molecular weight is 364 g/mol. The van der Waals surface area contributed by atoms with E-state index in [-0.39, 0.29) is 23.5 Å². The first-order valence-electron chi connectivity index (χ1n) is 8.45. The molecule has 27 heavy (non-hydrogen) atoms. The molecule has 0 aliphatic carbocycles. The monoisotopic (exact) mass is 364 g/mol. The van der Waals surface area contributed by atoms with E-state index in [1.165, 1.54) is 23.0 Å². The fourth-order valence-electron chi connectivity index (χ4n) is 3.28. The van der Waals surface area contributed by atoms with Crippen molar-refractivity contribution in [2.24, 2.45) is 0 Å². The molecule has 2 aromatic heterocycles. The molecule has 2 N–H and O–H groups in total. The Hall–Kier alpha value is -3.48. The van der Waals surface area contributed by atoms with Gasteiger partial charge in [0.15, 0.2) is 0 Å². The third-order valence-corrected chi connectivity index (χ3v) is 4.35. The predicted molar refractivity (Wildman–Crippen MR) is 102 cm³/mol. The summed E-state index contributed by atoms with van der Waals surface area (Å²) in [7, 11) is 0. The van der Waals surface area contributed by atoms with Gasteiger partial charge in [-0.3, -0.25) is 14.2 Å². The number of nitrogens with one attached hydrogen (secondary N) is 2. The van der Waals surface area contributed by atoms with Crippen molar-refractivity contribution in [1.82, 2.24) is 14.5 Å². The molecule has 7 heteroatoms. The highest BCUT2D eigenvalue weighted by Crippen LogP contribution is 2.22. The molecule has 0 saturated carbocycles. The molecular formula is C20H17FN4O2. The van der Waals surface area contributed by atoms with Crippen LogP contribution in [0.2, 0.25) is 0 Å². The van der Waals surface area contributed by atoms with E-state index in [2.05, 4.69) is 15.3 Å². The van der Waals surface area contributed by atoms with Gasteiger partial charge in [0, 0.05) is 16.6 Å². The molecule has 0 saturated heterocycles. The minimum Gasteiger partial charge on any atom is -0.349 e. The summed E-state index contributed by atoms with van der Waals surface area (Å²) in [4.78, 5) is 32.3. The van der Waals surface area contributed by atoms with Gasteiger partial charge < -0.3 is 10.3 Å². The molecule has 4 rings (SSSR count). The Kier molecular flexibility index (Phi) is 3.99. The van der Waals surface area contributed by atoms with Gasteiger partial charge in [-0.25, -0.2) is 9.37 Å². The minimum atomic E-state index is -0.401. The van der Waals surface area contributed by atoms with Crippen LogP contribution in [0.3, 0.4) is 0 Å². The van der Waals surface area contributed by atoms with E-state index in [4.69, 9.17) is 0 Å². The molecule has 0 aliphatic rings. The van der Waals surface area contributed by atoms with E-state index in [0.717, 1.165) is 11.1 Å². The number of H-pyrrole nitrogens is 1. The molecule has 0 atom stereocenters. The van der Waals surface area contributed by atoms with Crippen molar-refractivity contribution in [3.63, 3.8) is 0 Å². The summed E-state index contributed by atoms with van der Waals surface area (Å²) in [6.45, 7) is 3.73. The molecule has 2 heterocycles. The number of amides is 1. The molecule has 4 aromatic rings. The van der Waals surface area contributed by atoms with Crippen molar-refractivity contribution in [3.05, 3.63) is 70.0 Å². The SMILES string of the molecule is Cc1cc(C)cc(NC(=O)Cn2cnc3c([nH]c4ccc(F)cc43)c2=O)c1. The molecule has 0 aliphatic heterocycles. The van der Waals surface area contributed by atoms with Crippen molar-refractivity contribution >= 4 is 33.5 Å². The van der Waals surface area contributed by atoms with Crippen molar-refractivity contribution < 1.29 is 9.18 Å². The second-order valence-corrected chi connectivity index (χ2v) is 6.64.